The maximum absolute atomic E-state index is 12.9. The molecule has 87 heavy (non-hydrogen) atoms. The van der Waals surface area contributed by atoms with Gasteiger partial charge in [-0.25, -0.2) is 0 Å². The molecule has 2 unspecified atom stereocenters. The Bertz CT molecular complexity index is 1800. The molecule has 0 radical (unpaired) electrons. The highest BCUT2D eigenvalue weighted by molar-refractivity contribution is 5.70. The molecule has 0 aromatic rings. The zero-order valence-corrected chi connectivity index (χ0v) is 57.1. The molecule has 0 spiro atoms. The number of quaternary nitrogens is 1. The summed E-state index contributed by atoms with van der Waals surface area (Å²) in [6, 6.07) is 0. The third-order valence-electron chi connectivity index (χ3n) is 15.5. The fourth-order valence-corrected chi connectivity index (χ4v) is 10.0. The van der Waals surface area contributed by atoms with E-state index in [0.29, 0.717) is 17.4 Å². The van der Waals surface area contributed by atoms with Gasteiger partial charge in [-0.15, -0.1) is 0 Å². The van der Waals surface area contributed by atoms with E-state index in [2.05, 4.69) is 123 Å². The molecule has 0 aromatic carbocycles. The highest BCUT2D eigenvalue weighted by Gasteiger charge is 2.22. The van der Waals surface area contributed by atoms with Crippen LogP contribution in [0.4, 0.5) is 0 Å². The standard InChI is InChI=1S/C78H135NO8/c1-6-8-10-12-14-16-18-20-22-24-26-28-30-32-34-35-36-37-38-39-40-41-43-44-46-48-50-52-54-56-58-60-62-64-66-68-75(80)85-72-74(73-86-78(77(82)83)84-71-70-79(3,4)5)87-76(81)69-67-65-63-61-59-57-55-53-51-49-47-45-42-33-31-29-27-25-23-21-19-17-15-13-11-9-7-2/h9,11,15,17-18,20-21,23-24,26-27,29,33,42,47,49,53,55,74,78H,6-8,10,12-14,16,19,22,25,28,30-32,34-41,43-46,48,50-52,54,56-73H2,1-5H3/b11-9-,17-15-,20-18-,23-21-,26-24-,29-27-,42-33-,49-47-,55-53-. The van der Waals surface area contributed by atoms with Gasteiger partial charge in [-0.05, 0) is 103 Å². The Morgan fingerprint density at radius 3 is 0.977 bits per heavy atom. The molecule has 0 aliphatic carbocycles. The minimum Gasteiger partial charge on any atom is -0.545 e. The van der Waals surface area contributed by atoms with E-state index in [0.717, 1.165) is 103 Å². The van der Waals surface area contributed by atoms with Gasteiger partial charge in [0.05, 0.1) is 40.3 Å². The number of ether oxygens (including phenoxy) is 4. The van der Waals surface area contributed by atoms with Crippen LogP contribution in [0.15, 0.2) is 109 Å². The molecule has 2 atom stereocenters. The van der Waals surface area contributed by atoms with Gasteiger partial charge in [-0.1, -0.05) is 303 Å². The lowest BCUT2D eigenvalue weighted by Crippen LogP contribution is -2.44. The fraction of sp³-hybridized carbons (Fsp3) is 0.731. The molecule has 0 bridgehead atoms. The number of carboxylic acids is 1. The van der Waals surface area contributed by atoms with E-state index in [1.54, 1.807) is 0 Å². The maximum Gasteiger partial charge on any atom is 0.306 e. The van der Waals surface area contributed by atoms with Crippen molar-refractivity contribution in [3.05, 3.63) is 109 Å². The Hall–Kier alpha value is -4.05. The van der Waals surface area contributed by atoms with Crippen molar-refractivity contribution in [1.29, 1.82) is 0 Å². The van der Waals surface area contributed by atoms with Crippen LogP contribution in [0, 0.1) is 0 Å². The fourth-order valence-electron chi connectivity index (χ4n) is 10.0. The van der Waals surface area contributed by atoms with E-state index in [9.17, 15) is 19.5 Å². The second-order valence-corrected chi connectivity index (χ2v) is 25.1. The minimum absolute atomic E-state index is 0.139. The first-order valence-corrected chi connectivity index (χ1v) is 36.0. The smallest absolute Gasteiger partial charge is 0.306 e. The number of carbonyl (C=O) groups excluding carboxylic acids is 3. The van der Waals surface area contributed by atoms with Crippen LogP contribution in [-0.4, -0.2) is 82.3 Å². The Labute approximate surface area is 536 Å². The summed E-state index contributed by atoms with van der Waals surface area (Å²) in [6.45, 7) is 4.62. The first-order chi connectivity index (χ1) is 42.6. The van der Waals surface area contributed by atoms with E-state index < -0.39 is 24.3 Å². The molecule has 0 rings (SSSR count). The number of rotatable bonds is 66. The predicted octanol–water partition coefficient (Wildman–Crippen LogP) is 21.2. The zero-order chi connectivity index (χ0) is 63.3. The van der Waals surface area contributed by atoms with Crippen molar-refractivity contribution in [3.8, 4) is 0 Å². The van der Waals surface area contributed by atoms with E-state index in [4.69, 9.17) is 18.9 Å². The molecule has 9 nitrogen and oxygen atoms in total. The van der Waals surface area contributed by atoms with Crippen LogP contribution in [0.2, 0.25) is 0 Å². The number of aliphatic carboxylic acids is 1. The van der Waals surface area contributed by atoms with Gasteiger partial charge in [-0.2, -0.15) is 0 Å². The number of carbonyl (C=O) groups is 3. The lowest BCUT2D eigenvalue weighted by Gasteiger charge is -2.26. The van der Waals surface area contributed by atoms with Crippen LogP contribution in [0.3, 0.4) is 0 Å². The number of carboxylic acid groups (broad SMARTS) is 1. The van der Waals surface area contributed by atoms with E-state index in [1.165, 1.54) is 173 Å². The van der Waals surface area contributed by atoms with Crippen LogP contribution in [-0.2, 0) is 33.3 Å². The second kappa shape index (κ2) is 67.9. The summed E-state index contributed by atoms with van der Waals surface area (Å²) in [4.78, 5) is 37.5. The largest absolute Gasteiger partial charge is 0.545 e. The van der Waals surface area contributed by atoms with Crippen LogP contribution in [0.25, 0.3) is 0 Å². The van der Waals surface area contributed by atoms with Gasteiger partial charge in [-0.3, -0.25) is 9.59 Å². The van der Waals surface area contributed by atoms with Crippen LogP contribution < -0.4 is 5.11 Å². The van der Waals surface area contributed by atoms with Gasteiger partial charge >= 0.3 is 11.9 Å². The molecule has 500 valence electrons. The van der Waals surface area contributed by atoms with Crippen molar-refractivity contribution < 1.29 is 42.9 Å². The lowest BCUT2D eigenvalue weighted by molar-refractivity contribution is -0.870. The Morgan fingerprint density at radius 1 is 0.356 bits per heavy atom. The zero-order valence-electron chi connectivity index (χ0n) is 57.1. The first kappa shape index (κ1) is 83.0. The third-order valence-corrected chi connectivity index (χ3v) is 15.5. The Kier molecular flexibility index (Phi) is 64.7. The maximum atomic E-state index is 12.9. The van der Waals surface area contributed by atoms with Crippen molar-refractivity contribution in [2.45, 2.75) is 322 Å². The molecule has 0 heterocycles. The van der Waals surface area contributed by atoms with Crippen molar-refractivity contribution in [3.63, 3.8) is 0 Å². The average Bonchev–Trinajstić information content (AvgIpc) is 3.56. The number of hydrogen-bond donors (Lipinski definition) is 0. The predicted molar refractivity (Wildman–Crippen MR) is 370 cm³/mol. The summed E-state index contributed by atoms with van der Waals surface area (Å²) in [5.74, 6) is -2.31. The minimum atomic E-state index is -1.63. The number of hydrogen-bond acceptors (Lipinski definition) is 8. The molecule has 0 saturated carbocycles. The molecular weight excluding hydrogens is 1080 g/mol. The third kappa shape index (κ3) is 69.3. The number of unbranched alkanes of at least 4 members (excludes halogenated alkanes) is 33. The molecule has 0 fully saturated rings. The summed E-state index contributed by atoms with van der Waals surface area (Å²) >= 11 is 0. The van der Waals surface area contributed by atoms with Gasteiger partial charge in [0.15, 0.2) is 12.4 Å². The summed E-state index contributed by atoms with van der Waals surface area (Å²) in [5.41, 5.74) is 0. The summed E-state index contributed by atoms with van der Waals surface area (Å²) in [5, 5.41) is 11.8. The van der Waals surface area contributed by atoms with Crippen LogP contribution in [0.1, 0.15) is 309 Å². The van der Waals surface area contributed by atoms with Crippen molar-refractivity contribution >= 4 is 17.9 Å². The number of allylic oxidation sites excluding steroid dienone is 18. The molecule has 9 heteroatoms. The van der Waals surface area contributed by atoms with Gasteiger partial charge in [0.25, 0.3) is 0 Å². The number of likely N-dealkylation sites (N-methyl/N-ethyl adjacent to an activating group) is 1. The van der Waals surface area contributed by atoms with Crippen molar-refractivity contribution in [1.82, 2.24) is 0 Å². The summed E-state index contributed by atoms with van der Waals surface area (Å²) in [6.07, 6.45) is 91.8. The molecule has 0 aliphatic heterocycles. The second-order valence-electron chi connectivity index (χ2n) is 25.1. The van der Waals surface area contributed by atoms with E-state index >= 15 is 0 Å². The topological polar surface area (TPSA) is 111 Å². The highest BCUT2D eigenvalue weighted by Crippen LogP contribution is 2.18. The van der Waals surface area contributed by atoms with Gasteiger partial charge in [0, 0.05) is 12.8 Å². The van der Waals surface area contributed by atoms with E-state index in [-0.39, 0.29) is 38.6 Å². The van der Waals surface area contributed by atoms with Crippen molar-refractivity contribution in [2.24, 2.45) is 0 Å². The van der Waals surface area contributed by atoms with Crippen LogP contribution >= 0.6 is 0 Å². The first-order valence-electron chi connectivity index (χ1n) is 36.0. The lowest BCUT2D eigenvalue weighted by atomic mass is 10.0. The Morgan fingerprint density at radius 2 is 0.655 bits per heavy atom. The molecular formula is C78H135NO8. The molecule has 0 aliphatic rings. The van der Waals surface area contributed by atoms with Crippen molar-refractivity contribution in [2.75, 3.05) is 47.5 Å². The van der Waals surface area contributed by atoms with Gasteiger partial charge in [0.1, 0.15) is 13.2 Å². The Balaban J connectivity index is 4.11. The number of nitrogens with zero attached hydrogens (tertiary/aromatic N) is 1. The van der Waals surface area contributed by atoms with Gasteiger partial charge < -0.3 is 33.3 Å². The van der Waals surface area contributed by atoms with Crippen LogP contribution in [0.5, 0.6) is 0 Å². The molecule has 0 saturated heterocycles. The number of esters is 2. The van der Waals surface area contributed by atoms with E-state index in [1.807, 2.05) is 21.1 Å². The monoisotopic (exact) mass is 1210 g/mol. The van der Waals surface area contributed by atoms with Gasteiger partial charge in [0.2, 0.25) is 0 Å². The summed E-state index contributed by atoms with van der Waals surface area (Å²) < 4.78 is 22.8. The normalized spacial score (nSPS) is 13.3. The average molecular weight is 1210 g/mol. The quantitative estimate of drug-likeness (QED) is 0.0195. The summed E-state index contributed by atoms with van der Waals surface area (Å²) in [7, 11) is 5.92. The SMILES string of the molecule is CC/C=C\C/C=C\C/C=C\C/C=C\C/C=C\C/C=C\C/C=C\CCCCCCCC(=O)OC(COC(=O)CCCCCCCCCCCCCCCCCCCCCCCCC/C=C\C/C=C\CCCCCCC)COC(OCC[N+](C)(C)C)C(=O)[O-]. The molecule has 0 amide bonds. The molecule has 0 aromatic heterocycles. The highest BCUT2D eigenvalue weighted by atomic mass is 16.7. The molecule has 0 N–H and O–H groups in total.